The molecule has 104 valence electrons. The predicted octanol–water partition coefficient (Wildman–Crippen LogP) is 0.110. The summed E-state index contributed by atoms with van der Waals surface area (Å²) in [7, 11) is 1.47. The van der Waals surface area contributed by atoms with Crippen LogP contribution in [0.25, 0.3) is 0 Å². The monoisotopic (exact) mass is 258 g/mol. The highest BCUT2D eigenvalue weighted by Crippen LogP contribution is 2.23. The minimum absolute atomic E-state index is 0.135. The smallest absolute Gasteiger partial charge is 0.308 e. The van der Waals surface area contributed by atoms with Gasteiger partial charge in [0.1, 0.15) is 6.04 Å². The molecule has 0 aliphatic heterocycles. The number of nitrogens with two attached hydrogens (primary N) is 1. The van der Waals surface area contributed by atoms with E-state index in [0.29, 0.717) is 12.8 Å². The van der Waals surface area contributed by atoms with Crippen LogP contribution in [0.5, 0.6) is 0 Å². The normalized spacial score (nSPS) is 26.1. The van der Waals surface area contributed by atoms with Crippen LogP contribution in [-0.2, 0) is 14.3 Å². The Labute approximate surface area is 107 Å². The molecule has 0 spiro atoms. The molecule has 1 fully saturated rings. The minimum Gasteiger partial charge on any atom is -0.481 e. The summed E-state index contributed by atoms with van der Waals surface area (Å²) in [5.41, 5.74) is 5.62. The van der Waals surface area contributed by atoms with Gasteiger partial charge in [-0.3, -0.25) is 9.59 Å². The first-order valence-corrected chi connectivity index (χ1v) is 6.34. The Morgan fingerprint density at radius 2 is 2.06 bits per heavy atom. The zero-order valence-corrected chi connectivity index (χ0v) is 10.7. The Morgan fingerprint density at radius 1 is 1.39 bits per heavy atom. The fourth-order valence-electron chi connectivity index (χ4n) is 2.32. The number of amides is 1. The first-order chi connectivity index (χ1) is 8.56. The third-order valence-corrected chi connectivity index (χ3v) is 3.34. The molecule has 1 saturated carbocycles. The minimum atomic E-state index is -0.845. The number of aliphatic carboxylic acids is 1. The van der Waals surface area contributed by atoms with E-state index in [1.165, 1.54) is 7.11 Å². The van der Waals surface area contributed by atoms with Crippen molar-refractivity contribution in [3.05, 3.63) is 0 Å². The zero-order chi connectivity index (χ0) is 13.5. The Morgan fingerprint density at radius 3 is 2.67 bits per heavy atom. The van der Waals surface area contributed by atoms with Crippen molar-refractivity contribution >= 4 is 11.9 Å². The standard InChI is InChI=1S/C12H22N2O4/c1-18-7-9(13)11(15)14-10-6-4-2-3-5-8(10)12(16)17/h8-10H,2-7,13H2,1H3,(H,14,15)(H,16,17). The lowest BCUT2D eigenvalue weighted by Gasteiger charge is -2.24. The molecule has 18 heavy (non-hydrogen) atoms. The quantitative estimate of drug-likeness (QED) is 0.607. The van der Waals surface area contributed by atoms with Crippen molar-refractivity contribution in [2.24, 2.45) is 11.7 Å². The second-order valence-corrected chi connectivity index (χ2v) is 4.76. The van der Waals surface area contributed by atoms with E-state index in [9.17, 15) is 14.7 Å². The molecule has 0 aromatic heterocycles. The van der Waals surface area contributed by atoms with Gasteiger partial charge in [-0.05, 0) is 12.8 Å². The van der Waals surface area contributed by atoms with Crippen LogP contribution in [0.4, 0.5) is 0 Å². The number of carbonyl (C=O) groups excluding carboxylic acids is 1. The Balaban J connectivity index is 2.60. The number of hydrogen-bond acceptors (Lipinski definition) is 4. The Kier molecular flexibility index (Phi) is 6.07. The van der Waals surface area contributed by atoms with Crippen LogP contribution in [0.2, 0.25) is 0 Å². The molecule has 0 saturated heterocycles. The van der Waals surface area contributed by atoms with Crippen molar-refractivity contribution in [3.8, 4) is 0 Å². The fourth-order valence-corrected chi connectivity index (χ4v) is 2.32. The summed E-state index contributed by atoms with van der Waals surface area (Å²) in [4.78, 5) is 23.0. The molecule has 1 aliphatic carbocycles. The van der Waals surface area contributed by atoms with Crippen molar-refractivity contribution in [2.75, 3.05) is 13.7 Å². The predicted molar refractivity (Wildman–Crippen MR) is 66.0 cm³/mol. The number of carbonyl (C=O) groups is 2. The van der Waals surface area contributed by atoms with Gasteiger partial charge in [-0.2, -0.15) is 0 Å². The number of carboxylic acids is 1. The number of carboxylic acid groups (broad SMARTS) is 1. The van der Waals surface area contributed by atoms with Gasteiger partial charge in [0.05, 0.1) is 12.5 Å². The lowest BCUT2D eigenvalue weighted by atomic mass is 9.94. The highest BCUT2D eigenvalue weighted by atomic mass is 16.5. The van der Waals surface area contributed by atoms with Crippen molar-refractivity contribution in [2.45, 2.75) is 44.2 Å². The highest BCUT2D eigenvalue weighted by molar-refractivity contribution is 5.82. The van der Waals surface area contributed by atoms with E-state index in [0.717, 1.165) is 19.3 Å². The zero-order valence-electron chi connectivity index (χ0n) is 10.7. The molecular formula is C12H22N2O4. The fraction of sp³-hybridized carbons (Fsp3) is 0.833. The molecule has 0 bridgehead atoms. The van der Waals surface area contributed by atoms with E-state index in [-0.39, 0.29) is 18.6 Å². The number of nitrogens with one attached hydrogen (secondary N) is 1. The average molecular weight is 258 g/mol. The van der Waals surface area contributed by atoms with Gasteiger partial charge in [0.15, 0.2) is 0 Å². The second kappa shape index (κ2) is 7.33. The Bertz CT molecular complexity index is 296. The number of hydrogen-bond donors (Lipinski definition) is 3. The SMILES string of the molecule is COCC(N)C(=O)NC1CCCCCC1C(=O)O. The first-order valence-electron chi connectivity index (χ1n) is 6.34. The molecule has 3 atom stereocenters. The van der Waals surface area contributed by atoms with Gasteiger partial charge >= 0.3 is 5.97 Å². The van der Waals surface area contributed by atoms with E-state index in [1.54, 1.807) is 0 Å². The number of ether oxygens (including phenoxy) is 1. The lowest BCUT2D eigenvalue weighted by Crippen LogP contribution is -2.50. The summed E-state index contributed by atoms with van der Waals surface area (Å²) in [6.07, 6.45) is 4.16. The molecule has 0 aromatic carbocycles. The van der Waals surface area contributed by atoms with E-state index < -0.39 is 17.9 Å². The highest BCUT2D eigenvalue weighted by Gasteiger charge is 2.31. The van der Waals surface area contributed by atoms with E-state index >= 15 is 0 Å². The van der Waals surface area contributed by atoms with Gasteiger partial charge in [-0.1, -0.05) is 19.3 Å². The summed E-state index contributed by atoms with van der Waals surface area (Å²) in [6, 6.07) is -1.06. The van der Waals surface area contributed by atoms with E-state index in [2.05, 4.69) is 5.32 Å². The summed E-state index contributed by atoms with van der Waals surface area (Å²) in [6.45, 7) is 0.135. The topological polar surface area (TPSA) is 102 Å². The summed E-state index contributed by atoms with van der Waals surface area (Å²) in [5.74, 6) is -1.69. The van der Waals surface area contributed by atoms with Crippen LogP contribution in [0.15, 0.2) is 0 Å². The maximum Gasteiger partial charge on any atom is 0.308 e. The van der Waals surface area contributed by atoms with Gasteiger partial charge in [-0.25, -0.2) is 0 Å². The van der Waals surface area contributed by atoms with Crippen LogP contribution in [0.1, 0.15) is 32.1 Å². The third-order valence-electron chi connectivity index (χ3n) is 3.34. The van der Waals surface area contributed by atoms with Crippen molar-refractivity contribution < 1.29 is 19.4 Å². The molecular weight excluding hydrogens is 236 g/mol. The largest absolute Gasteiger partial charge is 0.481 e. The molecule has 6 heteroatoms. The average Bonchev–Trinajstić information content (AvgIpc) is 2.54. The van der Waals surface area contributed by atoms with Gasteiger partial charge in [-0.15, -0.1) is 0 Å². The third kappa shape index (κ3) is 4.27. The molecule has 1 rings (SSSR count). The van der Waals surface area contributed by atoms with Crippen LogP contribution in [0, 0.1) is 5.92 Å². The first kappa shape index (κ1) is 14.9. The Hall–Kier alpha value is -1.14. The van der Waals surface area contributed by atoms with Crippen LogP contribution in [-0.4, -0.2) is 42.8 Å². The molecule has 1 amide bonds. The van der Waals surface area contributed by atoms with Gasteiger partial charge < -0.3 is 20.9 Å². The van der Waals surface area contributed by atoms with Gasteiger partial charge in [0.2, 0.25) is 5.91 Å². The summed E-state index contributed by atoms with van der Waals surface area (Å²) < 4.78 is 4.81. The molecule has 0 aromatic rings. The van der Waals surface area contributed by atoms with Gasteiger partial charge in [0.25, 0.3) is 0 Å². The van der Waals surface area contributed by atoms with E-state index in [4.69, 9.17) is 10.5 Å². The van der Waals surface area contributed by atoms with Crippen molar-refractivity contribution in [3.63, 3.8) is 0 Å². The molecule has 4 N–H and O–H groups in total. The molecule has 0 heterocycles. The lowest BCUT2D eigenvalue weighted by molar-refractivity contribution is -0.143. The van der Waals surface area contributed by atoms with E-state index in [1.807, 2.05) is 0 Å². The van der Waals surface area contributed by atoms with Crippen LogP contribution in [0.3, 0.4) is 0 Å². The number of rotatable bonds is 5. The maximum absolute atomic E-state index is 11.8. The number of methoxy groups -OCH3 is 1. The second-order valence-electron chi connectivity index (χ2n) is 4.76. The van der Waals surface area contributed by atoms with Gasteiger partial charge in [0, 0.05) is 13.2 Å². The molecule has 3 unspecified atom stereocenters. The molecule has 1 aliphatic rings. The maximum atomic E-state index is 11.8. The molecule has 6 nitrogen and oxygen atoms in total. The summed E-state index contributed by atoms with van der Waals surface area (Å²) >= 11 is 0. The van der Waals surface area contributed by atoms with Crippen LogP contribution < -0.4 is 11.1 Å². The van der Waals surface area contributed by atoms with Crippen molar-refractivity contribution in [1.29, 1.82) is 0 Å². The van der Waals surface area contributed by atoms with Crippen molar-refractivity contribution in [1.82, 2.24) is 5.32 Å². The summed E-state index contributed by atoms with van der Waals surface area (Å²) in [5, 5.41) is 11.9. The molecule has 0 radical (unpaired) electrons. The van der Waals surface area contributed by atoms with Crippen LogP contribution >= 0.6 is 0 Å².